The van der Waals surface area contributed by atoms with Crippen molar-refractivity contribution in [3.8, 4) is 0 Å². The number of rotatable bonds is 1. The van der Waals surface area contributed by atoms with E-state index in [2.05, 4.69) is 15.9 Å². The Morgan fingerprint density at radius 1 is 1.11 bits per heavy atom. The molecule has 0 radical (unpaired) electrons. The fraction of sp³-hybridized carbons (Fsp3) is 0.333. The summed E-state index contributed by atoms with van der Waals surface area (Å²) in [5.41, 5.74) is 1.65. The second-order valence-corrected chi connectivity index (χ2v) is 6.01. The normalized spacial score (nSPS) is 25.9. The largest absolute Gasteiger partial charge is 0.274 e. The molecule has 0 saturated carbocycles. The van der Waals surface area contributed by atoms with E-state index in [1.807, 2.05) is 37.3 Å². The third kappa shape index (κ3) is 1.94. The van der Waals surface area contributed by atoms with Crippen LogP contribution in [0.3, 0.4) is 0 Å². The number of halogens is 1. The molecular weight excluding hydrogens is 306 g/mol. The standard InChI is InChI=1S/C15H14BrNO2/c1-9-6-7-10(16)8-13(9)17-14(18)11-4-2-3-5-12(11)15(17)19/h2-3,6-8,11-12H,4-5H2,1H3. The first kappa shape index (κ1) is 12.6. The Kier molecular flexibility index (Phi) is 3.05. The lowest BCUT2D eigenvalue weighted by atomic mass is 9.85. The Morgan fingerprint density at radius 3 is 2.26 bits per heavy atom. The van der Waals surface area contributed by atoms with Crippen molar-refractivity contribution < 1.29 is 9.59 Å². The number of fused-ring (bicyclic) bond motifs is 1. The van der Waals surface area contributed by atoms with E-state index in [1.165, 1.54) is 4.90 Å². The zero-order valence-electron chi connectivity index (χ0n) is 10.6. The van der Waals surface area contributed by atoms with Gasteiger partial charge in [-0.2, -0.15) is 0 Å². The maximum absolute atomic E-state index is 12.5. The molecule has 1 aromatic carbocycles. The van der Waals surface area contributed by atoms with Gasteiger partial charge < -0.3 is 0 Å². The van der Waals surface area contributed by atoms with Crippen molar-refractivity contribution in [1.29, 1.82) is 0 Å². The summed E-state index contributed by atoms with van der Waals surface area (Å²) in [5.74, 6) is -0.451. The van der Waals surface area contributed by atoms with Crippen LogP contribution in [-0.2, 0) is 9.59 Å². The van der Waals surface area contributed by atoms with Gasteiger partial charge in [-0.3, -0.25) is 9.59 Å². The first-order valence-electron chi connectivity index (χ1n) is 6.38. The number of carbonyl (C=O) groups excluding carboxylic acids is 2. The summed E-state index contributed by atoms with van der Waals surface area (Å²) in [5, 5.41) is 0. The number of amides is 2. The van der Waals surface area contributed by atoms with Crippen LogP contribution in [0.2, 0.25) is 0 Å². The quantitative estimate of drug-likeness (QED) is 0.588. The molecule has 98 valence electrons. The van der Waals surface area contributed by atoms with E-state index in [4.69, 9.17) is 0 Å². The number of allylic oxidation sites excluding steroid dienone is 2. The number of imide groups is 1. The summed E-state index contributed by atoms with van der Waals surface area (Å²) in [4.78, 5) is 26.3. The van der Waals surface area contributed by atoms with Gasteiger partial charge in [0.15, 0.2) is 0 Å². The predicted octanol–water partition coefficient (Wildman–Crippen LogP) is 3.21. The molecule has 3 nitrogen and oxygen atoms in total. The lowest BCUT2D eigenvalue weighted by Crippen LogP contribution is -2.31. The fourth-order valence-corrected chi connectivity index (χ4v) is 3.21. The Morgan fingerprint density at radius 2 is 1.68 bits per heavy atom. The molecule has 4 heteroatoms. The van der Waals surface area contributed by atoms with Gasteiger partial charge in [-0.25, -0.2) is 4.90 Å². The van der Waals surface area contributed by atoms with E-state index in [0.29, 0.717) is 18.5 Å². The van der Waals surface area contributed by atoms with E-state index in [1.54, 1.807) is 0 Å². The third-order valence-corrected chi connectivity index (χ3v) is 4.41. The minimum absolute atomic E-state index is 0.0550. The maximum Gasteiger partial charge on any atom is 0.238 e. The van der Waals surface area contributed by atoms with Crippen LogP contribution in [0, 0.1) is 18.8 Å². The van der Waals surface area contributed by atoms with Crippen molar-refractivity contribution in [2.24, 2.45) is 11.8 Å². The van der Waals surface area contributed by atoms with Gasteiger partial charge in [0, 0.05) is 4.47 Å². The molecule has 1 aliphatic carbocycles. The fourth-order valence-electron chi connectivity index (χ4n) is 2.86. The topological polar surface area (TPSA) is 37.4 Å². The number of benzene rings is 1. The highest BCUT2D eigenvalue weighted by Gasteiger charge is 2.48. The predicted molar refractivity (Wildman–Crippen MR) is 76.7 cm³/mol. The van der Waals surface area contributed by atoms with Crippen molar-refractivity contribution in [3.05, 3.63) is 40.4 Å². The summed E-state index contributed by atoms with van der Waals surface area (Å²) >= 11 is 3.40. The molecule has 1 heterocycles. The van der Waals surface area contributed by atoms with Crippen LogP contribution in [0.5, 0.6) is 0 Å². The number of aryl methyl sites for hydroxylation is 1. The number of hydrogen-bond acceptors (Lipinski definition) is 2. The van der Waals surface area contributed by atoms with E-state index in [-0.39, 0.29) is 23.7 Å². The summed E-state index contributed by atoms with van der Waals surface area (Å²) in [6, 6.07) is 5.68. The summed E-state index contributed by atoms with van der Waals surface area (Å²) in [6.07, 6.45) is 5.37. The van der Waals surface area contributed by atoms with Crippen LogP contribution in [0.15, 0.2) is 34.8 Å². The van der Waals surface area contributed by atoms with E-state index in [9.17, 15) is 9.59 Å². The van der Waals surface area contributed by atoms with Gasteiger partial charge >= 0.3 is 0 Å². The van der Waals surface area contributed by atoms with Gasteiger partial charge in [-0.05, 0) is 37.5 Å². The summed E-state index contributed by atoms with van der Waals surface area (Å²) < 4.78 is 0.877. The molecule has 1 fully saturated rings. The third-order valence-electron chi connectivity index (χ3n) is 3.92. The summed E-state index contributed by atoms with van der Waals surface area (Å²) in [7, 11) is 0. The van der Waals surface area contributed by atoms with Gasteiger partial charge in [-0.1, -0.05) is 34.1 Å². The molecule has 2 amide bonds. The molecule has 0 N–H and O–H groups in total. The van der Waals surface area contributed by atoms with Crippen LogP contribution < -0.4 is 4.90 Å². The molecule has 1 saturated heterocycles. The SMILES string of the molecule is Cc1ccc(Br)cc1N1C(=O)C2CC=CCC2C1=O. The van der Waals surface area contributed by atoms with E-state index < -0.39 is 0 Å². The molecule has 1 aromatic rings. The van der Waals surface area contributed by atoms with E-state index >= 15 is 0 Å². The second-order valence-electron chi connectivity index (χ2n) is 5.10. The van der Waals surface area contributed by atoms with Gasteiger partial charge in [0.25, 0.3) is 0 Å². The number of carbonyl (C=O) groups is 2. The highest BCUT2D eigenvalue weighted by atomic mass is 79.9. The van der Waals surface area contributed by atoms with Crippen molar-refractivity contribution in [2.75, 3.05) is 4.90 Å². The van der Waals surface area contributed by atoms with Crippen LogP contribution in [0.25, 0.3) is 0 Å². The lowest BCUT2D eigenvalue weighted by molar-refractivity contribution is -0.122. The van der Waals surface area contributed by atoms with Crippen LogP contribution in [0.4, 0.5) is 5.69 Å². The number of nitrogens with zero attached hydrogens (tertiary/aromatic N) is 1. The highest BCUT2D eigenvalue weighted by Crippen LogP contribution is 2.39. The van der Waals surface area contributed by atoms with E-state index in [0.717, 1.165) is 10.0 Å². The van der Waals surface area contributed by atoms with Crippen LogP contribution >= 0.6 is 15.9 Å². The molecule has 2 atom stereocenters. The Hall–Kier alpha value is -1.42. The average Bonchev–Trinajstić information content (AvgIpc) is 2.66. The first-order chi connectivity index (χ1) is 9.09. The molecule has 2 aliphatic rings. The number of hydrogen-bond donors (Lipinski definition) is 0. The molecule has 3 rings (SSSR count). The van der Waals surface area contributed by atoms with Crippen molar-refractivity contribution in [2.45, 2.75) is 19.8 Å². The lowest BCUT2D eigenvalue weighted by Gasteiger charge is -2.17. The Labute approximate surface area is 120 Å². The molecule has 1 aliphatic heterocycles. The van der Waals surface area contributed by atoms with Crippen molar-refractivity contribution >= 4 is 33.4 Å². The molecule has 0 bridgehead atoms. The molecule has 0 aromatic heterocycles. The van der Waals surface area contributed by atoms with Gasteiger partial charge in [0.2, 0.25) is 11.8 Å². The minimum Gasteiger partial charge on any atom is -0.274 e. The van der Waals surface area contributed by atoms with Gasteiger partial charge in [-0.15, -0.1) is 0 Å². The molecule has 19 heavy (non-hydrogen) atoms. The average molecular weight is 320 g/mol. The number of anilines is 1. The molecule has 0 spiro atoms. The Balaban J connectivity index is 2.04. The van der Waals surface area contributed by atoms with Gasteiger partial charge in [0.05, 0.1) is 17.5 Å². The van der Waals surface area contributed by atoms with Crippen molar-refractivity contribution in [1.82, 2.24) is 0 Å². The second kappa shape index (κ2) is 4.60. The molecular formula is C15H14BrNO2. The van der Waals surface area contributed by atoms with Crippen molar-refractivity contribution in [3.63, 3.8) is 0 Å². The Bertz CT molecular complexity index is 568. The first-order valence-corrected chi connectivity index (χ1v) is 7.18. The summed E-state index contributed by atoms with van der Waals surface area (Å²) in [6.45, 7) is 1.92. The molecule has 2 unspecified atom stereocenters. The zero-order chi connectivity index (χ0) is 13.6. The van der Waals surface area contributed by atoms with Gasteiger partial charge in [0.1, 0.15) is 0 Å². The monoisotopic (exact) mass is 319 g/mol. The highest BCUT2D eigenvalue weighted by molar-refractivity contribution is 9.10. The smallest absolute Gasteiger partial charge is 0.238 e. The minimum atomic E-state index is -0.170. The zero-order valence-corrected chi connectivity index (χ0v) is 12.2. The van der Waals surface area contributed by atoms with Crippen LogP contribution in [-0.4, -0.2) is 11.8 Å². The van der Waals surface area contributed by atoms with Crippen LogP contribution in [0.1, 0.15) is 18.4 Å². The maximum atomic E-state index is 12.5.